The van der Waals surface area contributed by atoms with Gasteiger partial charge in [0.15, 0.2) is 18.1 Å². The Morgan fingerprint density at radius 2 is 1.69 bits per heavy atom. The molecule has 1 aromatic heterocycles. The van der Waals surface area contributed by atoms with Gasteiger partial charge in [-0.1, -0.05) is 18.2 Å². The van der Waals surface area contributed by atoms with Gasteiger partial charge in [0, 0.05) is 23.6 Å². The van der Waals surface area contributed by atoms with Crippen molar-refractivity contribution in [2.24, 2.45) is 0 Å². The molecule has 32 heavy (non-hydrogen) atoms. The average Bonchev–Trinajstić information content (AvgIpc) is 3.19. The largest absolute Gasteiger partial charge is 0.493 e. The molecule has 2 aromatic carbocycles. The molecule has 168 valence electrons. The van der Waals surface area contributed by atoms with Gasteiger partial charge in [-0.3, -0.25) is 20.4 Å². The zero-order valence-corrected chi connectivity index (χ0v) is 17.7. The van der Waals surface area contributed by atoms with Gasteiger partial charge < -0.3 is 23.4 Å². The van der Waals surface area contributed by atoms with Crippen molar-refractivity contribution in [1.82, 2.24) is 10.9 Å². The van der Waals surface area contributed by atoms with Gasteiger partial charge in [-0.15, -0.1) is 0 Å². The van der Waals surface area contributed by atoms with Gasteiger partial charge in [-0.05, 0) is 24.3 Å². The van der Waals surface area contributed by atoms with Crippen molar-refractivity contribution < 1.29 is 37.7 Å². The van der Waals surface area contributed by atoms with Crippen LogP contribution in [0.5, 0.6) is 11.5 Å². The molecule has 0 radical (unpaired) electrons. The standard InChI is InChI=1S/C22H22N2O8/c1-28-11-15-14-6-4-5-7-16(14)32-20(15)22(27)31-12-19(25)23-24-21(26)13-8-9-17(29-2)18(10-13)30-3/h4-10H,11-12H2,1-3H3,(H,23,25)(H,24,26). The summed E-state index contributed by atoms with van der Waals surface area (Å²) in [7, 11) is 4.41. The maximum absolute atomic E-state index is 12.4. The zero-order valence-electron chi connectivity index (χ0n) is 17.7. The van der Waals surface area contributed by atoms with Crippen molar-refractivity contribution >= 4 is 28.8 Å². The number of amides is 2. The fourth-order valence-corrected chi connectivity index (χ4v) is 2.96. The first-order valence-corrected chi connectivity index (χ1v) is 9.46. The van der Waals surface area contributed by atoms with Crippen LogP contribution in [0.3, 0.4) is 0 Å². The fraction of sp³-hybridized carbons (Fsp3) is 0.227. The topological polar surface area (TPSA) is 125 Å². The van der Waals surface area contributed by atoms with E-state index in [0.717, 1.165) is 0 Å². The summed E-state index contributed by atoms with van der Waals surface area (Å²) in [6.07, 6.45) is 0. The number of para-hydroxylation sites is 1. The predicted molar refractivity (Wildman–Crippen MR) is 112 cm³/mol. The third-order valence-electron chi connectivity index (χ3n) is 4.47. The van der Waals surface area contributed by atoms with Crippen molar-refractivity contribution in [2.45, 2.75) is 6.61 Å². The molecule has 0 fully saturated rings. The van der Waals surface area contributed by atoms with E-state index in [-0.39, 0.29) is 17.9 Å². The molecule has 0 unspecified atom stereocenters. The Hall–Kier alpha value is -4.05. The summed E-state index contributed by atoms with van der Waals surface area (Å²) in [6.45, 7) is -0.496. The molecule has 10 heteroatoms. The van der Waals surface area contributed by atoms with Crippen LogP contribution in [0.4, 0.5) is 0 Å². The SMILES string of the molecule is COCc1c(C(=O)OCC(=O)NNC(=O)c2ccc(OC)c(OC)c2)oc2ccccc12. The highest BCUT2D eigenvalue weighted by molar-refractivity contribution is 5.98. The van der Waals surface area contributed by atoms with Gasteiger partial charge in [-0.2, -0.15) is 0 Å². The van der Waals surface area contributed by atoms with E-state index in [1.807, 2.05) is 0 Å². The second kappa shape index (κ2) is 10.3. The Kier molecular flexibility index (Phi) is 7.29. The lowest BCUT2D eigenvalue weighted by molar-refractivity contribution is -0.125. The summed E-state index contributed by atoms with van der Waals surface area (Å²) >= 11 is 0. The molecule has 10 nitrogen and oxygen atoms in total. The normalized spacial score (nSPS) is 10.5. The summed E-state index contributed by atoms with van der Waals surface area (Å²) in [5, 5.41) is 0.716. The van der Waals surface area contributed by atoms with Gasteiger partial charge in [0.25, 0.3) is 11.8 Å². The van der Waals surface area contributed by atoms with Gasteiger partial charge in [0.05, 0.1) is 20.8 Å². The van der Waals surface area contributed by atoms with Crippen molar-refractivity contribution in [3.8, 4) is 11.5 Å². The van der Waals surface area contributed by atoms with E-state index < -0.39 is 24.4 Å². The molecule has 0 spiro atoms. The van der Waals surface area contributed by atoms with Crippen LogP contribution in [-0.2, 0) is 20.9 Å². The molecule has 0 aliphatic rings. The number of ether oxygens (including phenoxy) is 4. The van der Waals surface area contributed by atoms with Crippen LogP contribution in [0.1, 0.15) is 26.5 Å². The van der Waals surface area contributed by atoms with Gasteiger partial charge in [-0.25, -0.2) is 4.79 Å². The average molecular weight is 442 g/mol. The minimum absolute atomic E-state index is 0.0461. The number of furan rings is 1. The third kappa shape index (κ3) is 4.98. The van der Waals surface area contributed by atoms with Crippen molar-refractivity contribution in [3.63, 3.8) is 0 Å². The Bertz CT molecular complexity index is 1140. The molecule has 0 aliphatic heterocycles. The van der Waals surface area contributed by atoms with E-state index in [9.17, 15) is 14.4 Å². The maximum atomic E-state index is 12.4. The van der Waals surface area contributed by atoms with E-state index >= 15 is 0 Å². The molecular formula is C22H22N2O8. The van der Waals surface area contributed by atoms with E-state index in [2.05, 4.69) is 10.9 Å². The summed E-state index contributed by atoms with van der Waals surface area (Å²) in [5.74, 6) is -1.39. The highest BCUT2D eigenvalue weighted by Gasteiger charge is 2.22. The lowest BCUT2D eigenvalue weighted by Crippen LogP contribution is -2.43. The number of nitrogens with one attached hydrogen (secondary N) is 2. The van der Waals surface area contributed by atoms with Crippen LogP contribution in [0, 0.1) is 0 Å². The lowest BCUT2D eigenvalue weighted by Gasteiger charge is -2.11. The van der Waals surface area contributed by atoms with E-state index in [4.69, 9.17) is 23.4 Å². The number of methoxy groups -OCH3 is 3. The smallest absolute Gasteiger partial charge is 0.375 e. The molecule has 0 atom stereocenters. The molecule has 2 amide bonds. The van der Waals surface area contributed by atoms with Gasteiger partial charge in [0.2, 0.25) is 5.76 Å². The first-order valence-electron chi connectivity index (χ1n) is 9.46. The molecule has 0 saturated carbocycles. The van der Waals surface area contributed by atoms with Crippen LogP contribution in [0.25, 0.3) is 11.0 Å². The summed E-state index contributed by atoms with van der Waals surface area (Å²) in [6, 6.07) is 11.6. The first-order chi connectivity index (χ1) is 15.5. The molecule has 2 N–H and O–H groups in total. The Morgan fingerprint density at radius 3 is 2.41 bits per heavy atom. The minimum Gasteiger partial charge on any atom is -0.493 e. The molecule has 3 aromatic rings. The molecule has 0 saturated heterocycles. The Balaban J connectivity index is 1.57. The van der Waals surface area contributed by atoms with E-state index in [1.54, 1.807) is 30.3 Å². The van der Waals surface area contributed by atoms with E-state index in [1.165, 1.54) is 33.5 Å². The van der Waals surface area contributed by atoms with Crippen molar-refractivity contribution in [1.29, 1.82) is 0 Å². The maximum Gasteiger partial charge on any atom is 0.375 e. The van der Waals surface area contributed by atoms with Gasteiger partial charge >= 0.3 is 5.97 Å². The van der Waals surface area contributed by atoms with Crippen LogP contribution >= 0.6 is 0 Å². The number of fused-ring (bicyclic) bond motifs is 1. The van der Waals surface area contributed by atoms with E-state index in [0.29, 0.717) is 28.0 Å². The molecule has 3 rings (SSSR count). The van der Waals surface area contributed by atoms with Crippen LogP contribution < -0.4 is 20.3 Å². The molecular weight excluding hydrogens is 420 g/mol. The number of hydrogen-bond acceptors (Lipinski definition) is 8. The Labute approximate surface area is 183 Å². The van der Waals surface area contributed by atoms with Gasteiger partial charge in [0.1, 0.15) is 5.58 Å². The summed E-state index contributed by atoms with van der Waals surface area (Å²) in [5.41, 5.74) is 5.66. The minimum atomic E-state index is -0.824. The fourth-order valence-electron chi connectivity index (χ4n) is 2.96. The van der Waals surface area contributed by atoms with Crippen molar-refractivity contribution in [3.05, 3.63) is 59.4 Å². The number of hydrazine groups is 1. The monoisotopic (exact) mass is 442 g/mol. The summed E-state index contributed by atoms with van der Waals surface area (Å²) in [4.78, 5) is 36.7. The quantitative estimate of drug-likeness (QED) is 0.402. The van der Waals surface area contributed by atoms with Crippen LogP contribution in [-0.4, -0.2) is 45.7 Å². The summed E-state index contributed by atoms with van der Waals surface area (Å²) < 4.78 is 26.0. The Morgan fingerprint density at radius 1 is 0.938 bits per heavy atom. The third-order valence-corrected chi connectivity index (χ3v) is 4.47. The number of benzene rings is 2. The predicted octanol–water partition coefficient (Wildman–Crippen LogP) is 2.21. The van der Waals surface area contributed by atoms with Crippen LogP contribution in [0.15, 0.2) is 46.9 Å². The lowest BCUT2D eigenvalue weighted by atomic mass is 10.1. The van der Waals surface area contributed by atoms with Crippen LogP contribution in [0.2, 0.25) is 0 Å². The molecule has 0 aliphatic carbocycles. The highest BCUT2D eigenvalue weighted by atomic mass is 16.5. The molecule has 1 heterocycles. The zero-order chi connectivity index (χ0) is 23.1. The number of carbonyl (C=O) groups is 3. The first kappa shape index (κ1) is 22.6. The number of hydrogen-bond donors (Lipinski definition) is 2. The second-order valence-corrected chi connectivity index (χ2v) is 6.49. The molecule has 0 bridgehead atoms. The number of esters is 1. The number of rotatable bonds is 8. The van der Waals surface area contributed by atoms with Crippen molar-refractivity contribution in [2.75, 3.05) is 27.9 Å². The highest BCUT2D eigenvalue weighted by Crippen LogP contribution is 2.28. The second-order valence-electron chi connectivity index (χ2n) is 6.49. The number of carbonyl (C=O) groups excluding carboxylic acids is 3.